The molecule has 0 aliphatic rings. The summed E-state index contributed by atoms with van der Waals surface area (Å²) >= 11 is 3.45. The predicted octanol–water partition coefficient (Wildman–Crippen LogP) is 4.77. The number of aryl methyl sites for hydroxylation is 1. The largest absolute Gasteiger partial charge is 0.496 e. The van der Waals surface area contributed by atoms with Crippen molar-refractivity contribution in [1.29, 1.82) is 0 Å². The quantitative estimate of drug-likeness (QED) is 0.738. The van der Waals surface area contributed by atoms with E-state index in [1.807, 2.05) is 25.1 Å². The summed E-state index contributed by atoms with van der Waals surface area (Å²) in [7, 11) is 1.56. The van der Waals surface area contributed by atoms with Gasteiger partial charge < -0.3 is 4.74 Å². The van der Waals surface area contributed by atoms with Gasteiger partial charge in [-0.15, -0.1) is 0 Å². The van der Waals surface area contributed by atoms with Crippen LogP contribution in [-0.2, 0) is 0 Å². The highest BCUT2D eigenvalue weighted by Gasteiger charge is 2.19. The molecule has 2 rings (SSSR count). The molecule has 0 heterocycles. The van der Waals surface area contributed by atoms with Crippen LogP contribution >= 0.6 is 15.9 Å². The van der Waals surface area contributed by atoms with Gasteiger partial charge in [-0.3, -0.25) is 0 Å². The van der Waals surface area contributed by atoms with Crippen molar-refractivity contribution in [3.05, 3.63) is 64.7 Å². The summed E-state index contributed by atoms with van der Waals surface area (Å²) in [6.45, 7) is 1.95. The van der Waals surface area contributed by atoms with Gasteiger partial charge in [0.2, 0.25) is 0 Å². The number of ether oxygens (including phenoxy) is 1. The third-order valence-corrected chi connectivity index (χ3v) is 3.88. The Bertz CT molecular complexity index is 599. The highest BCUT2D eigenvalue weighted by molar-refractivity contribution is 9.09. The Morgan fingerprint density at radius 3 is 2.42 bits per heavy atom. The molecule has 0 aromatic heterocycles. The number of rotatable bonds is 3. The first-order valence-electron chi connectivity index (χ1n) is 5.76. The summed E-state index contributed by atoms with van der Waals surface area (Å²) in [6.07, 6.45) is 0. The molecule has 100 valence electrons. The van der Waals surface area contributed by atoms with E-state index in [4.69, 9.17) is 4.74 Å². The van der Waals surface area contributed by atoms with Crippen LogP contribution in [0.2, 0.25) is 0 Å². The van der Waals surface area contributed by atoms with Gasteiger partial charge in [0.25, 0.3) is 0 Å². The summed E-state index contributed by atoms with van der Waals surface area (Å²) in [4.78, 5) is -0.386. The normalized spacial score (nSPS) is 12.3. The minimum Gasteiger partial charge on any atom is -0.496 e. The van der Waals surface area contributed by atoms with Crippen LogP contribution in [0.3, 0.4) is 0 Å². The van der Waals surface area contributed by atoms with E-state index in [1.54, 1.807) is 7.11 Å². The van der Waals surface area contributed by atoms with Crippen molar-refractivity contribution in [2.45, 2.75) is 11.8 Å². The van der Waals surface area contributed by atoms with Crippen molar-refractivity contribution >= 4 is 15.9 Å². The lowest BCUT2D eigenvalue weighted by molar-refractivity contribution is 0.410. The van der Waals surface area contributed by atoms with Gasteiger partial charge in [0, 0.05) is 17.2 Å². The van der Waals surface area contributed by atoms with Gasteiger partial charge in [0.05, 0.1) is 11.9 Å². The zero-order valence-corrected chi connectivity index (χ0v) is 12.2. The zero-order chi connectivity index (χ0) is 14.0. The fourth-order valence-electron chi connectivity index (χ4n) is 1.93. The van der Waals surface area contributed by atoms with Gasteiger partial charge >= 0.3 is 0 Å². The van der Waals surface area contributed by atoms with Crippen molar-refractivity contribution in [2.75, 3.05) is 7.11 Å². The molecular weight excluding hydrogens is 314 g/mol. The van der Waals surface area contributed by atoms with E-state index in [1.165, 1.54) is 12.1 Å². The van der Waals surface area contributed by atoms with Crippen LogP contribution in [0.4, 0.5) is 8.78 Å². The van der Waals surface area contributed by atoms with Gasteiger partial charge in [-0.2, -0.15) is 0 Å². The fraction of sp³-hybridized carbons (Fsp3) is 0.200. The van der Waals surface area contributed by atoms with Crippen LogP contribution in [0, 0.1) is 18.6 Å². The molecule has 0 saturated heterocycles. The van der Waals surface area contributed by atoms with Crippen molar-refractivity contribution in [3.8, 4) is 5.75 Å². The predicted molar refractivity (Wildman–Crippen MR) is 74.9 cm³/mol. The summed E-state index contributed by atoms with van der Waals surface area (Å²) in [5.74, 6) is -0.501. The average molecular weight is 327 g/mol. The van der Waals surface area contributed by atoms with E-state index in [2.05, 4.69) is 15.9 Å². The lowest BCUT2D eigenvalue weighted by Gasteiger charge is -2.16. The number of halogens is 3. The third-order valence-electron chi connectivity index (χ3n) is 2.89. The summed E-state index contributed by atoms with van der Waals surface area (Å²) < 4.78 is 32.0. The summed E-state index contributed by atoms with van der Waals surface area (Å²) in [5, 5.41) is 0. The second-order valence-corrected chi connectivity index (χ2v) is 5.19. The first-order chi connectivity index (χ1) is 9.02. The maximum absolute atomic E-state index is 13.8. The molecule has 0 N–H and O–H groups in total. The Morgan fingerprint density at radius 2 is 1.79 bits per heavy atom. The topological polar surface area (TPSA) is 9.23 Å². The molecule has 0 aliphatic heterocycles. The monoisotopic (exact) mass is 326 g/mol. The van der Waals surface area contributed by atoms with Crippen LogP contribution in [0.15, 0.2) is 36.4 Å². The van der Waals surface area contributed by atoms with Gasteiger partial charge in [0.1, 0.15) is 17.4 Å². The van der Waals surface area contributed by atoms with Gasteiger partial charge in [-0.25, -0.2) is 8.78 Å². The smallest absolute Gasteiger partial charge is 0.130 e. The third kappa shape index (κ3) is 2.95. The fourth-order valence-corrected chi connectivity index (χ4v) is 2.66. The van der Waals surface area contributed by atoms with E-state index < -0.39 is 11.6 Å². The average Bonchev–Trinajstić information content (AvgIpc) is 2.38. The minimum absolute atomic E-state index is 0.380. The minimum atomic E-state index is -0.586. The molecule has 0 spiro atoms. The van der Waals surface area contributed by atoms with Crippen LogP contribution in [-0.4, -0.2) is 7.11 Å². The van der Waals surface area contributed by atoms with Crippen molar-refractivity contribution in [1.82, 2.24) is 0 Å². The number of benzene rings is 2. The van der Waals surface area contributed by atoms with Crippen molar-refractivity contribution < 1.29 is 13.5 Å². The van der Waals surface area contributed by atoms with Crippen LogP contribution in [0.5, 0.6) is 5.75 Å². The van der Waals surface area contributed by atoms with Gasteiger partial charge in [0.15, 0.2) is 0 Å². The molecule has 0 fully saturated rings. The van der Waals surface area contributed by atoms with Crippen LogP contribution in [0.25, 0.3) is 0 Å². The molecule has 2 aromatic carbocycles. The number of hydrogen-bond acceptors (Lipinski definition) is 1. The standard InChI is InChI=1S/C15H13BrF2O/c1-9-3-6-14(19-2)12(7-9)15(16)11-5-4-10(17)8-13(11)18/h3-8,15H,1-2H3. The Labute approximate surface area is 119 Å². The van der Waals surface area contributed by atoms with Crippen LogP contribution in [0.1, 0.15) is 21.5 Å². The molecule has 4 heteroatoms. The first-order valence-corrected chi connectivity index (χ1v) is 6.68. The molecule has 1 nitrogen and oxygen atoms in total. The van der Waals surface area contributed by atoms with E-state index in [0.717, 1.165) is 17.2 Å². The SMILES string of the molecule is COc1ccc(C)cc1C(Br)c1ccc(F)cc1F. The second-order valence-electron chi connectivity index (χ2n) is 4.27. The van der Waals surface area contributed by atoms with Gasteiger partial charge in [-0.1, -0.05) is 39.7 Å². The highest BCUT2D eigenvalue weighted by Crippen LogP contribution is 2.38. The van der Waals surface area contributed by atoms with E-state index in [9.17, 15) is 8.78 Å². The maximum atomic E-state index is 13.8. The molecule has 1 unspecified atom stereocenters. The van der Waals surface area contributed by atoms with E-state index >= 15 is 0 Å². The second kappa shape index (κ2) is 5.70. The molecule has 0 bridgehead atoms. The highest BCUT2D eigenvalue weighted by atomic mass is 79.9. The summed E-state index contributed by atoms with van der Waals surface area (Å²) in [5.41, 5.74) is 2.24. The molecule has 2 aromatic rings. The van der Waals surface area contributed by atoms with E-state index in [-0.39, 0.29) is 4.83 Å². The van der Waals surface area contributed by atoms with Crippen LogP contribution < -0.4 is 4.74 Å². The molecule has 0 amide bonds. The number of methoxy groups -OCH3 is 1. The molecule has 19 heavy (non-hydrogen) atoms. The van der Waals surface area contributed by atoms with E-state index in [0.29, 0.717) is 11.3 Å². The first kappa shape index (κ1) is 14.0. The molecular formula is C15H13BrF2O. The molecule has 0 aliphatic carbocycles. The van der Waals surface area contributed by atoms with Gasteiger partial charge in [-0.05, 0) is 19.1 Å². The molecule has 0 saturated carbocycles. The Balaban J connectivity index is 2.49. The molecule has 1 atom stereocenters. The summed E-state index contributed by atoms with van der Waals surface area (Å²) in [6, 6.07) is 9.23. The zero-order valence-electron chi connectivity index (χ0n) is 10.6. The van der Waals surface area contributed by atoms with Crippen molar-refractivity contribution in [3.63, 3.8) is 0 Å². The Hall–Kier alpha value is -1.42. The lowest BCUT2D eigenvalue weighted by atomic mass is 10.0. The number of alkyl halides is 1. The lowest BCUT2D eigenvalue weighted by Crippen LogP contribution is -2.00. The number of hydrogen-bond donors (Lipinski definition) is 0. The Kier molecular flexibility index (Phi) is 4.20. The Morgan fingerprint density at radius 1 is 1.05 bits per heavy atom. The van der Waals surface area contributed by atoms with Crippen molar-refractivity contribution in [2.24, 2.45) is 0 Å². The molecule has 0 radical (unpaired) electrons. The maximum Gasteiger partial charge on any atom is 0.130 e.